The number of rotatable bonds is 6. The molecule has 0 saturated carbocycles. The molecule has 1 aromatic rings. The maximum Gasteiger partial charge on any atom is 0.143 e. The van der Waals surface area contributed by atoms with Crippen LogP contribution >= 0.6 is 12.6 Å². The van der Waals surface area contributed by atoms with Crippen molar-refractivity contribution in [3.8, 4) is 5.75 Å². The summed E-state index contributed by atoms with van der Waals surface area (Å²) in [5.41, 5.74) is 7.53. The van der Waals surface area contributed by atoms with E-state index < -0.39 is 0 Å². The highest BCUT2D eigenvalue weighted by Gasteiger charge is 2.06. The summed E-state index contributed by atoms with van der Waals surface area (Å²) in [6, 6.07) is 3.74. The Kier molecular flexibility index (Phi) is 5.91. The van der Waals surface area contributed by atoms with Crippen LogP contribution < -0.4 is 10.5 Å². The van der Waals surface area contributed by atoms with Crippen molar-refractivity contribution in [2.75, 3.05) is 18.9 Å². The third kappa shape index (κ3) is 4.30. The first-order chi connectivity index (χ1) is 8.19. The van der Waals surface area contributed by atoms with Crippen LogP contribution in [0.4, 0.5) is 5.69 Å². The molecule has 0 saturated heterocycles. The predicted octanol–water partition coefficient (Wildman–Crippen LogP) is 3.18. The first-order valence-electron chi connectivity index (χ1n) is 5.94. The Hall–Kier alpha value is -1.16. The van der Waals surface area contributed by atoms with Crippen molar-refractivity contribution in [3.05, 3.63) is 17.7 Å². The molecule has 0 heterocycles. The number of benzene rings is 1. The minimum absolute atomic E-state index is 0.635. The van der Waals surface area contributed by atoms with Crippen molar-refractivity contribution in [1.29, 1.82) is 0 Å². The average molecular weight is 252 g/mol. The summed E-state index contributed by atoms with van der Waals surface area (Å²) in [6.07, 6.45) is 3.77. The molecule has 0 amide bonds. The topological polar surface area (TPSA) is 47.6 Å². The normalized spacial score (nSPS) is 11.0. The van der Waals surface area contributed by atoms with Crippen molar-refractivity contribution in [2.45, 2.75) is 31.6 Å². The summed E-state index contributed by atoms with van der Waals surface area (Å²) in [7, 11) is 0. The van der Waals surface area contributed by atoms with E-state index in [0.29, 0.717) is 18.0 Å². The molecule has 0 radical (unpaired) electrons. The SMILES string of the molecule is CCCN=Cc1cc(S)cc(OCCC)c1N. The molecule has 94 valence electrons. The minimum Gasteiger partial charge on any atom is -0.491 e. The Morgan fingerprint density at radius 3 is 2.76 bits per heavy atom. The molecule has 1 rings (SSSR count). The van der Waals surface area contributed by atoms with Gasteiger partial charge in [-0.05, 0) is 25.0 Å². The average Bonchev–Trinajstić information content (AvgIpc) is 2.31. The Bertz CT molecular complexity index is 391. The summed E-state index contributed by atoms with van der Waals surface area (Å²) >= 11 is 4.34. The van der Waals surface area contributed by atoms with E-state index >= 15 is 0 Å². The molecule has 1 aromatic carbocycles. The fourth-order valence-electron chi connectivity index (χ4n) is 1.36. The van der Waals surface area contributed by atoms with Gasteiger partial charge in [0.1, 0.15) is 5.75 Å². The van der Waals surface area contributed by atoms with Crippen molar-refractivity contribution >= 4 is 24.5 Å². The maximum absolute atomic E-state index is 6.03. The van der Waals surface area contributed by atoms with Gasteiger partial charge in [0.2, 0.25) is 0 Å². The van der Waals surface area contributed by atoms with Crippen LogP contribution in [-0.2, 0) is 0 Å². The zero-order valence-electron chi connectivity index (χ0n) is 10.4. The highest BCUT2D eigenvalue weighted by Crippen LogP contribution is 2.28. The van der Waals surface area contributed by atoms with Crippen molar-refractivity contribution in [2.24, 2.45) is 4.99 Å². The second-order valence-corrected chi connectivity index (χ2v) is 4.35. The zero-order chi connectivity index (χ0) is 12.7. The monoisotopic (exact) mass is 252 g/mol. The number of anilines is 1. The standard InChI is InChI=1S/C13H20N2OS/c1-3-5-15-9-10-7-11(17)8-12(13(10)14)16-6-4-2/h7-9,17H,3-6,14H2,1-2H3. The lowest BCUT2D eigenvalue weighted by atomic mass is 10.2. The van der Waals surface area contributed by atoms with Gasteiger partial charge in [-0.1, -0.05) is 13.8 Å². The molecule has 0 unspecified atom stereocenters. The molecule has 0 fully saturated rings. The van der Waals surface area contributed by atoms with E-state index in [-0.39, 0.29) is 0 Å². The van der Waals surface area contributed by atoms with Crippen LogP contribution in [0.5, 0.6) is 5.75 Å². The van der Waals surface area contributed by atoms with E-state index in [0.717, 1.165) is 29.8 Å². The first-order valence-corrected chi connectivity index (χ1v) is 6.38. The lowest BCUT2D eigenvalue weighted by molar-refractivity contribution is 0.318. The van der Waals surface area contributed by atoms with Crippen molar-refractivity contribution in [3.63, 3.8) is 0 Å². The first kappa shape index (κ1) is 13.9. The van der Waals surface area contributed by atoms with E-state index in [4.69, 9.17) is 10.5 Å². The molecule has 0 bridgehead atoms. The summed E-state index contributed by atoms with van der Waals surface area (Å²) in [5, 5.41) is 0. The zero-order valence-corrected chi connectivity index (χ0v) is 11.3. The minimum atomic E-state index is 0.635. The van der Waals surface area contributed by atoms with Crippen molar-refractivity contribution < 1.29 is 4.74 Å². The van der Waals surface area contributed by atoms with Crippen LogP contribution in [0.2, 0.25) is 0 Å². The van der Waals surface area contributed by atoms with Crippen LogP contribution in [0.1, 0.15) is 32.3 Å². The highest BCUT2D eigenvalue weighted by molar-refractivity contribution is 7.80. The largest absolute Gasteiger partial charge is 0.491 e. The van der Waals surface area contributed by atoms with Crippen LogP contribution in [0.25, 0.3) is 0 Å². The van der Waals surface area contributed by atoms with E-state index in [1.54, 1.807) is 6.21 Å². The summed E-state index contributed by atoms with van der Waals surface area (Å²) in [4.78, 5) is 5.13. The molecule has 0 atom stereocenters. The summed E-state index contributed by atoms with van der Waals surface area (Å²) in [6.45, 7) is 5.62. The second-order valence-electron chi connectivity index (χ2n) is 3.83. The molecule has 4 heteroatoms. The van der Waals surface area contributed by atoms with Gasteiger partial charge < -0.3 is 10.5 Å². The van der Waals surface area contributed by atoms with Gasteiger partial charge in [0.05, 0.1) is 12.3 Å². The third-order valence-corrected chi connectivity index (χ3v) is 2.46. The number of ether oxygens (including phenoxy) is 1. The Labute approximate surface area is 108 Å². The van der Waals surface area contributed by atoms with Crippen LogP contribution in [0.3, 0.4) is 0 Å². The van der Waals surface area contributed by atoms with Gasteiger partial charge in [-0.15, -0.1) is 12.6 Å². The number of nitrogen functional groups attached to an aromatic ring is 1. The molecule has 0 aromatic heterocycles. The molecule has 3 nitrogen and oxygen atoms in total. The number of hydrogen-bond donors (Lipinski definition) is 2. The number of aliphatic imine (C=N–C) groups is 1. The number of hydrogen-bond acceptors (Lipinski definition) is 4. The molecule has 2 N–H and O–H groups in total. The number of thiol groups is 1. The van der Waals surface area contributed by atoms with Gasteiger partial charge in [-0.2, -0.15) is 0 Å². The molecule has 0 aliphatic carbocycles. The summed E-state index contributed by atoms with van der Waals surface area (Å²) < 4.78 is 5.58. The van der Waals surface area contributed by atoms with Crippen LogP contribution in [0, 0.1) is 0 Å². The molecular formula is C13H20N2OS. The quantitative estimate of drug-likeness (QED) is 0.464. The lowest BCUT2D eigenvalue weighted by Gasteiger charge is -2.11. The molecule has 0 aliphatic heterocycles. The Morgan fingerprint density at radius 1 is 1.35 bits per heavy atom. The fourth-order valence-corrected chi connectivity index (χ4v) is 1.62. The smallest absolute Gasteiger partial charge is 0.143 e. The van der Waals surface area contributed by atoms with Gasteiger partial charge in [0.25, 0.3) is 0 Å². The van der Waals surface area contributed by atoms with Gasteiger partial charge in [-0.3, -0.25) is 4.99 Å². The van der Waals surface area contributed by atoms with E-state index in [2.05, 4.69) is 31.5 Å². The molecular weight excluding hydrogens is 232 g/mol. The Morgan fingerprint density at radius 2 is 2.12 bits per heavy atom. The van der Waals surface area contributed by atoms with E-state index in [9.17, 15) is 0 Å². The molecule has 0 spiro atoms. The van der Waals surface area contributed by atoms with Crippen LogP contribution in [0.15, 0.2) is 22.0 Å². The molecule has 0 aliphatic rings. The van der Waals surface area contributed by atoms with Crippen molar-refractivity contribution in [1.82, 2.24) is 0 Å². The predicted molar refractivity (Wildman–Crippen MR) is 76.6 cm³/mol. The fraction of sp³-hybridized carbons (Fsp3) is 0.462. The van der Waals surface area contributed by atoms with Gasteiger partial charge in [0.15, 0.2) is 0 Å². The highest BCUT2D eigenvalue weighted by atomic mass is 32.1. The lowest BCUT2D eigenvalue weighted by Crippen LogP contribution is -2.02. The van der Waals surface area contributed by atoms with Gasteiger partial charge >= 0.3 is 0 Å². The number of nitrogens with two attached hydrogens (primary N) is 1. The van der Waals surface area contributed by atoms with Gasteiger partial charge in [0, 0.05) is 23.2 Å². The van der Waals surface area contributed by atoms with E-state index in [1.807, 2.05) is 12.1 Å². The Balaban J connectivity index is 2.92. The second kappa shape index (κ2) is 7.22. The van der Waals surface area contributed by atoms with Gasteiger partial charge in [-0.25, -0.2) is 0 Å². The summed E-state index contributed by atoms with van der Waals surface area (Å²) in [5.74, 6) is 0.692. The van der Waals surface area contributed by atoms with E-state index in [1.165, 1.54) is 0 Å². The third-order valence-electron chi connectivity index (χ3n) is 2.20. The van der Waals surface area contributed by atoms with Crippen LogP contribution in [-0.4, -0.2) is 19.4 Å². The number of nitrogens with zero attached hydrogens (tertiary/aromatic N) is 1. The molecule has 17 heavy (non-hydrogen) atoms. The maximum atomic E-state index is 6.03.